The quantitative estimate of drug-likeness (QED) is 0.227. The molecule has 0 saturated carbocycles. The molecule has 38 heavy (non-hydrogen) atoms. The highest BCUT2D eigenvalue weighted by Crippen LogP contribution is 2.43. The Morgan fingerprint density at radius 1 is 1.11 bits per heavy atom. The van der Waals surface area contributed by atoms with Crippen LogP contribution in [0.3, 0.4) is 0 Å². The van der Waals surface area contributed by atoms with Crippen LogP contribution in [0.5, 0.6) is 0 Å². The lowest BCUT2D eigenvalue weighted by Gasteiger charge is -2.25. The maximum atomic E-state index is 13.7. The monoisotopic (exact) mass is 558 g/mol. The highest BCUT2D eigenvalue weighted by atomic mass is 31.2. The summed E-state index contributed by atoms with van der Waals surface area (Å²) in [5.74, 6) is -1.09. The van der Waals surface area contributed by atoms with E-state index in [1.807, 2.05) is 6.92 Å². The van der Waals surface area contributed by atoms with Crippen LogP contribution in [0.1, 0.15) is 61.8 Å². The van der Waals surface area contributed by atoms with E-state index in [0.717, 1.165) is 0 Å². The normalized spacial score (nSPS) is 15.3. The van der Waals surface area contributed by atoms with Gasteiger partial charge in [-0.1, -0.05) is 21.3 Å². The zero-order valence-electron chi connectivity index (χ0n) is 22.4. The number of nitrogen functional groups attached to an aromatic ring is 1. The van der Waals surface area contributed by atoms with E-state index in [2.05, 4.69) is 20.0 Å². The molecular weight excluding hydrogens is 515 g/mol. The van der Waals surface area contributed by atoms with Crippen molar-refractivity contribution in [1.82, 2.24) is 24.6 Å². The van der Waals surface area contributed by atoms with Crippen LogP contribution in [0.4, 0.5) is 5.82 Å². The summed E-state index contributed by atoms with van der Waals surface area (Å²) < 4.78 is 37.3. The average Bonchev–Trinajstić information content (AvgIpc) is 3.24. The van der Waals surface area contributed by atoms with Gasteiger partial charge in [0.2, 0.25) is 0 Å². The van der Waals surface area contributed by atoms with E-state index in [1.165, 1.54) is 6.33 Å². The molecule has 0 aromatic carbocycles. The number of nitrogens with two attached hydrogens (primary N) is 1. The van der Waals surface area contributed by atoms with Crippen LogP contribution in [0.25, 0.3) is 11.2 Å². The summed E-state index contributed by atoms with van der Waals surface area (Å²) in [6, 6.07) is -0.892. The minimum atomic E-state index is -3.67. The Balaban J connectivity index is 0.00000722. The zero-order valence-corrected chi connectivity index (χ0v) is 23.3. The lowest BCUT2D eigenvalue weighted by Crippen LogP contribution is -2.35. The first-order valence-electron chi connectivity index (χ1n) is 12.4. The topological polar surface area (TPSA) is 170 Å². The van der Waals surface area contributed by atoms with Gasteiger partial charge < -0.3 is 29.0 Å². The van der Waals surface area contributed by atoms with Crippen molar-refractivity contribution in [2.24, 2.45) is 5.92 Å². The first kappa shape index (κ1) is 33.4. The second kappa shape index (κ2) is 15.7. The zero-order chi connectivity index (χ0) is 27.6. The van der Waals surface area contributed by atoms with Crippen molar-refractivity contribution in [3.05, 3.63) is 12.7 Å². The third kappa shape index (κ3) is 10.3. The number of nitrogens with one attached hydrogen (secondary N) is 1. The predicted molar refractivity (Wildman–Crippen MR) is 144 cm³/mol. The van der Waals surface area contributed by atoms with Crippen molar-refractivity contribution < 1.29 is 32.9 Å². The maximum Gasteiger partial charge on any atom is 0.323 e. The fraction of sp³-hybridized carbons (Fsp3) is 0.708. The fourth-order valence-electron chi connectivity index (χ4n) is 3.22. The van der Waals surface area contributed by atoms with E-state index < -0.39 is 31.6 Å². The summed E-state index contributed by atoms with van der Waals surface area (Å²) >= 11 is 0. The average molecular weight is 559 g/mol. The number of imidazole rings is 1. The number of aromatic nitrogens is 4. The molecule has 0 saturated heterocycles. The number of nitrogens with zero attached hydrogens (tertiary/aromatic N) is 4. The molecule has 2 heterocycles. The molecule has 13 nitrogen and oxygen atoms in total. The van der Waals surface area contributed by atoms with Gasteiger partial charge in [0, 0.05) is 0 Å². The van der Waals surface area contributed by atoms with Gasteiger partial charge in [-0.25, -0.2) is 20.0 Å². The summed E-state index contributed by atoms with van der Waals surface area (Å²) in [4.78, 5) is 36.7. The van der Waals surface area contributed by atoms with Gasteiger partial charge in [0.05, 0.1) is 44.2 Å². The van der Waals surface area contributed by atoms with E-state index in [0.29, 0.717) is 24.1 Å². The van der Waals surface area contributed by atoms with Crippen LogP contribution >= 0.6 is 7.52 Å². The Hall–Kier alpha value is -2.60. The number of carbonyl (C=O) groups excluding carboxylic acids is 2. The number of ether oxygens (including phenoxy) is 3. The predicted octanol–water partition coefficient (Wildman–Crippen LogP) is 3.53. The lowest BCUT2D eigenvalue weighted by molar-refractivity contribution is -0.152. The smallest absolute Gasteiger partial charge is 0.323 e. The molecule has 4 atom stereocenters. The first-order chi connectivity index (χ1) is 17.5. The van der Waals surface area contributed by atoms with Gasteiger partial charge in [0.25, 0.3) is 7.52 Å². The molecule has 0 amide bonds. The molecule has 2 rings (SSSR count). The van der Waals surface area contributed by atoms with Crippen molar-refractivity contribution in [3.8, 4) is 0 Å². The molecule has 0 bridgehead atoms. The van der Waals surface area contributed by atoms with Crippen LogP contribution in [0.2, 0.25) is 0 Å². The Morgan fingerprint density at radius 3 is 2.47 bits per heavy atom. The van der Waals surface area contributed by atoms with Gasteiger partial charge in [-0.2, -0.15) is 0 Å². The Bertz CT molecular complexity index is 1080. The van der Waals surface area contributed by atoms with Gasteiger partial charge in [0.15, 0.2) is 11.5 Å². The van der Waals surface area contributed by atoms with Crippen LogP contribution in [0, 0.1) is 5.92 Å². The van der Waals surface area contributed by atoms with Crippen molar-refractivity contribution >= 4 is 36.4 Å². The van der Waals surface area contributed by atoms with Crippen molar-refractivity contribution in [2.45, 2.75) is 86.6 Å². The second-order valence-corrected chi connectivity index (χ2v) is 11.3. The van der Waals surface area contributed by atoms with Crippen molar-refractivity contribution in [2.75, 3.05) is 25.3 Å². The number of rotatable bonds is 16. The Morgan fingerprint density at radius 2 is 1.82 bits per heavy atom. The van der Waals surface area contributed by atoms with Crippen molar-refractivity contribution in [1.29, 1.82) is 0 Å². The third-order valence-electron chi connectivity index (χ3n) is 5.21. The van der Waals surface area contributed by atoms with Gasteiger partial charge in [-0.3, -0.25) is 14.2 Å². The molecule has 0 aliphatic carbocycles. The summed E-state index contributed by atoms with van der Waals surface area (Å²) in [7, 11) is -3.67. The number of hydrogen-bond acceptors (Lipinski definition) is 11. The summed E-state index contributed by atoms with van der Waals surface area (Å²) in [6.45, 7) is 11.1. The van der Waals surface area contributed by atoms with Gasteiger partial charge in [-0.05, 0) is 40.5 Å². The first-order valence-corrected chi connectivity index (χ1v) is 14.2. The van der Waals surface area contributed by atoms with Crippen LogP contribution in [0.15, 0.2) is 12.7 Å². The number of fused-ring (bicyclic) bond motifs is 1. The van der Waals surface area contributed by atoms with E-state index in [9.17, 15) is 14.2 Å². The standard InChI is InChI=1S/C23H39N6O7P.CH4/c1-7-9-33-23(31)18(6)28-37(32,35-10-8-16(4)22(30)36-15(2)3)14-34-17(5)11-29-13-27-19-20(24)25-12-26-21(19)29;/h12-13,15-18H,7-11,14H2,1-6H3,(H,28,32)(H2,24,25,26);1H4/t16-,17+,18-,37?;/m0./s1. The maximum absolute atomic E-state index is 13.7. The molecule has 0 aliphatic rings. The SMILES string of the molecule is C.CCCOC(=O)[C@H](C)NP(=O)(CO[C@H](C)Cn1cnc2c(N)ncnc21)OCC[C@H](C)C(=O)OC(C)C. The number of anilines is 1. The summed E-state index contributed by atoms with van der Waals surface area (Å²) in [5.41, 5.74) is 6.87. The summed E-state index contributed by atoms with van der Waals surface area (Å²) in [6.07, 6.45) is 2.91. The molecule has 2 aromatic heterocycles. The molecule has 2 aromatic rings. The second-order valence-electron chi connectivity index (χ2n) is 9.13. The van der Waals surface area contributed by atoms with Gasteiger partial charge in [0.1, 0.15) is 24.2 Å². The summed E-state index contributed by atoms with van der Waals surface area (Å²) in [5, 5.41) is 2.75. The molecule has 0 spiro atoms. The van der Waals surface area contributed by atoms with Crippen molar-refractivity contribution in [3.63, 3.8) is 0 Å². The Labute approximate surface area is 224 Å². The minimum Gasteiger partial charge on any atom is -0.465 e. The van der Waals surface area contributed by atoms with Crippen LogP contribution in [-0.2, 0) is 39.4 Å². The molecule has 0 radical (unpaired) electrons. The molecule has 1 unspecified atom stereocenters. The van der Waals surface area contributed by atoms with Gasteiger partial charge >= 0.3 is 11.9 Å². The van der Waals surface area contributed by atoms with Crippen LogP contribution < -0.4 is 10.8 Å². The van der Waals surface area contributed by atoms with E-state index in [4.69, 9.17) is 24.5 Å². The molecule has 14 heteroatoms. The molecule has 3 N–H and O–H groups in total. The third-order valence-corrected chi connectivity index (χ3v) is 7.08. The highest BCUT2D eigenvalue weighted by molar-refractivity contribution is 7.56. The molecule has 216 valence electrons. The van der Waals surface area contributed by atoms with Gasteiger partial charge in [-0.15, -0.1) is 0 Å². The van der Waals surface area contributed by atoms with Crippen LogP contribution in [-0.4, -0.2) is 69.3 Å². The van der Waals surface area contributed by atoms with E-state index in [-0.39, 0.29) is 51.3 Å². The molecule has 0 aliphatic heterocycles. The van der Waals surface area contributed by atoms with E-state index in [1.54, 1.807) is 45.5 Å². The highest BCUT2D eigenvalue weighted by Gasteiger charge is 2.31. The molecule has 0 fully saturated rings. The number of carbonyl (C=O) groups is 2. The van der Waals surface area contributed by atoms with E-state index >= 15 is 0 Å². The Kier molecular flexibility index (Phi) is 13.8. The molecular formula is C24H43N6O7P. The number of esters is 2. The minimum absolute atomic E-state index is 0. The lowest BCUT2D eigenvalue weighted by atomic mass is 10.1. The fourth-order valence-corrected chi connectivity index (χ4v) is 4.99. The largest absolute Gasteiger partial charge is 0.465 e. The number of hydrogen-bond donors (Lipinski definition) is 2.